The molecule has 1 aliphatic carbocycles. The van der Waals surface area contributed by atoms with Crippen LogP contribution in [0.5, 0.6) is 0 Å². The van der Waals surface area contributed by atoms with Gasteiger partial charge in [-0.2, -0.15) is 4.37 Å². The average molecular weight is 238 g/mol. The Balaban J connectivity index is 1.74. The van der Waals surface area contributed by atoms with E-state index in [2.05, 4.69) is 21.2 Å². The molecule has 2 N–H and O–H groups in total. The van der Waals surface area contributed by atoms with E-state index in [-0.39, 0.29) is 0 Å². The third kappa shape index (κ3) is 1.94. The molecule has 4 nitrogen and oxygen atoms in total. The van der Waals surface area contributed by atoms with Crippen LogP contribution in [-0.4, -0.2) is 28.0 Å². The number of rotatable bonds is 2. The van der Waals surface area contributed by atoms with Gasteiger partial charge in [0.2, 0.25) is 5.13 Å². The molecule has 3 rings (SSSR count). The predicted molar refractivity (Wildman–Crippen MR) is 65.9 cm³/mol. The van der Waals surface area contributed by atoms with Crippen LogP contribution in [-0.2, 0) is 0 Å². The minimum Gasteiger partial charge on any atom is -0.344 e. The largest absolute Gasteiger partial charge is 0.344 e. The third-order valence-electron chi connectivity index (χ3n) is 3.54. The minimum absolute atomic E-state index is 0.363. The van der Waals surface area contributed by atoms with E-state index in [1.807, 2.05) is 0 Å². The molecule has 88 valence electrons. The van der Waals surface area contributed by atoms with Gasteiger partial charge in [0.1, 0.15) is 5.82 Å². The zero-order valence-electron chi connectivity index (χ0n) is 9.59. The topological polar surface area (TPSA) is 55.0 Å². The van der Waals surface area contributed by atoms with Gasteiger partial charge in [-0.25, -0.2) is 4.98 Å². The highest BCUT2D eigenvalue weighted by molar-refractivity contribution is 7.09. The van der Waals surface area contributed by atoms with Crippen molar-refractivity contribution in [3.05, 3.63) is 5.82 Å². The van der Waals surface area contributed by atoms with Crippen molar-refractivity contribution in [1.29, 1.82) is 0 Å². The van der Waals surface area contributed by atoms with Crippen LogP contribution in [0, 0.1) is 0 Å². The highest BCUT2D eigenvalue weighted by Gasteiger charge is 2.30. The first kappa shape index (κ1) is 10.5. The standard InChI is InChI=1S/C11H18N4S/c1-7-6-9(12)4-5-15(7)11-13-10(14-16-11)8-2-3-8/h7-9H,2-6,12H2,1H3. The van der Waals surface area contributed by atoms with Crippen molar-refractivity contribution in [3.63, 3.8) is 0 Å². The van der Waals surface area contributed by atoms with E-state index in [1.54, 1.807) is 11.5 Å². The molecular formula is C11H18N4S. The molecule has 0 radical (unpaired) electrons. The molecular weight excluding hydrogens is 220 g/mol. The van der Waals surface area contributed by atoms with Gasteiger partial charge >= 0.3 is 0 Å². The normalized spacial score (nSPS) is 30.8. The molecule has 16 heavy (non-hydrogen) atoms. The lowest BCUT2D eigenvalue weighted by Gasteiger charge is -2.35. The minimum atomic E-state index is 0.363. The van der Waals surface area contributed by atoms with E-state index in [0.717, 1.165) is 30.3 Å². The number of hydrogen-bond acceptors (Lipinski definition) is 5. The number of piperidine rings is 1. The van der Waals surface area contributed by atoms with E-state index in [0.29, 0.717) is 18.0 Å². The van der Waals surface area contributed by atoms with Crippen molar-refractivity contribution in [3.8, 4) is 0 Å². The second-order valence-electron chi connectivity index (χ2n) is 5.04. The molecule has 2 aliphatic rings. The van der Waals surface area contributed by atoms with Crippen molar-refractivity contribution < 1.29 is 0 Å². The number of nitrogens with zero attached hydrogens (tertiary/aromatic N) is 3. The van der Waals surface area contributed by atoms with Crippen LogP contribution in [0.2, 0.25) is 0 Å². The summed E-state index contributed by atoms with van der Waals surface area (Å²) in [6, 6.07) is 0.867. The second kappa shape index (κ2) is 3.96. The lowest BCUT2D eigenvalue weighted by Crippen LogP contribution is -2.45. The number of anilines is 1. The molecule has 5 heteroatoms. The van der Waals surface area contributed by atoms with Gasteiger partial charge in [0.05, 0.1) is 0 Å². The Morgan fingerprint density at radius 1 is 1.38 bits per heavy atom. The van der Waals surface area contributed by atoms with E-state index in [1.165, 1.54) is 12.8 Å². The van der Waals surface area contributed by atoms with Gasteiger partial charge in [-0.3, -0.25) is 0 Å². The fraction of sp³-hybridized carbons (Fsp3) is 0.818. The summed E-state index contributed by atoms with van der Waals surface area (Å²) in [4.78, 5) is 7.03. The SMILES string of the molecule is CC1CC(N)CCN1c1nc(C2CC2)ns1. The van der Waals surface area contributed by atoms with Gasteiger partial charge in [-0.1, -0.05) is 0 Å². The van der Waals surface area contributed by atoms with Crippen LogP contribution in [0.1, 0.15) is 44.3 Å². The lowest BCUT2D eigenvalue weighted by molar-refractivity contribution is 0.429. The summed E-state index contributed by atoms with van der Waals surface area (Å²) in [5.74, 6) is 1.73. The maximum absolute atomic E-state index is 5.97. The highest BCUT2D eigenvalue weighted by atomic mass is 32.1. The molecule has 2 atom stereocenters. The maximum Gasteiger partial charge on any atom is 0.205 e. The van der Waals surface area contributed by atoms with Crippen molar-refractivity contribution in [2.75, 3.05) is 11.4 Å². The summed E-state index contributed by atoms with van der Waals surface area (Å²) in [6.07, 6.45) is 4.69. The van der Waals surface area contributed by atoms with Crippen LogP contribution in [0.3, 0.4) is 0 Å². The first-order chi connectivity index (χ1) is 7.74. The van der Waals surface area contributed by atoms with Crippen molar-refractivity contribution in [1.82, 2.24) is 9.36 Å². The molecule has 1 aromatic heterocycles. The van der Waals surface area contributed by atoms with Crippen LogP contribution in [0.25, 0.3) is 0 Å². The van der Waals surface area contributed by atoms with Crippen LogP contribution in [0.4, 0.5) is 5.13 Å². The Bertz CT molecular complexity index is 374. The molecule has 1 saturated carbocycles. The van der Waals surface area contributed by atoms with Gasteiger partial charge < -0.3 is 10.6 Å². The Labute approximate surface area is 100 Å². The molecule has 2 fully saturated rings. The number of hydrogen-bond donors (Lipinski definition) is 1. The molecule has 2 heterocycles. The van der Waals surface area contributed by atoms with Crippen molar-refractivity contribution in [2.24, 2.45) is 5.73 Å². The van der Waals surface area contributed by atoms with Crippen LogP contribution in [0.15, 0.2) is 0 Å². The first-order valence-corrected chi connectivity index (χ1v) is 6.87. The Kier molecular flexibility index (Phi) is 2.59. The smallest absolute Gasteiger partial charge is 0.205 e. The summed E-state index contributed by atoms with van der Waals surface area (Å²) in [5.41, 5.74) is 5.97. The summed E-state index contributed by atoms with van der Waals surface area (Å²) in [7, 11) is 0. The highest BCUT2D eigenvalue weighted by Crippen LogP contribution is 2.40. The predicted octanol–water partition coefficient (Wildman–Crippen LogP) is 1.73. The number of aromatic nitrogens is 2. The van der Waals surface area contributed by atoms with E-state index < -0.39 is 0 Å². The summed E-state index contributed by atoms with van der Waals surface area (Å²) >= 11 is 1.55. The Morgan fingerprint density at radius 3 is 2.88 bits per heavy atom. The zero-order valence-corrected chi connectivity index (χ0v) is 10.4. The summed E-state index contributed by atoms with van der Waals surface area (Å²) < 4.78 is 4.46. The van der Waals surface area contributed by atoms with Crippen LogP contribution < -0.4 is 10.6 Å². The quantitative estimate of drug-likeness (QED) is 0.852. The van der Waals surface area contributed by atoms with Crippen LogP contribution >= 0.6 is 11.5 Å². The van der Waals surface area contributed by atoms with Crippen molar-refractivity contribution in [2.45, 2.75) is 50.6 Å². The van der Waals surface area contributed by atoms with E-state index in [9.17, 15) is 0 Å². The zero-order chi connectivity index (χ0) is 11.1. The van der Waals surface area contributed by atoms with E-state index >= 15 is 0 Å². The summed E-state index contributed by atoms with van der Waals surface area (Å²) in [6.45, 7) is 3.26. The number of nitrogens with two attached hydrogens (primary N) is 1. The molecule has 0 amide bonds. The maximum atomic E-state index is 5.97. The molecule has 1 aromatic rings. The van der Waals surface area contributed by atoms with Gasteiger partial charge in [-0.05, 0) is 32.6 Å². The van der Waals surface area contributed by atoms with Gasteiger partial charge in [-0.15, -0.1) is 0 Å². The van der Waals surface area contributed by atoms with Gasteiger partial charge in [0.15, 0.2) is 0 Å². The molecule has 0 spiro atoms. The first-order valence-electron chi connectivity index (χ1n) is 6.10. The monoisotopic (exact) mass is 238 g/mol. The molecule has 1 aliphatic heterocycles. The molecule has 1 saturated heterocycles. The lowest BCUT2D eigenvalue weighted by atomic mass is 10.00. The second-order valence-corrected chi connectivity index (χ2v) is 5.77. The Morgan fingerprint density at radius 2 is 2.19 bits per heavy atom. The van der Waals surface area contributed by atoms with Gasteiger partial charge in [0.25, 0.3) is 0 Å². The molecule has 0 bridgehead atoms. The van der Waals surface area contributed by atoms with Gasteiger partial charge in [0, 0.05) is 36.1 Å². The van der Waals surface area contributed by atoms with Crippen molar-refractivity contribution >= 4 is 16.7 Å². The molecule has 0 aromatic carbocycles. The third-order valence-corrected chi connectivity index (χ3v) is 4.30. The fourth-order valence-corrected chi connectivity index (χ4v) is 3.22. The average Bonchev–Trinajstić information content (AvgIpc) is 2.98. The summed E-state index contributed by atoms with van der Waals surface area (Å²) in [5, 5.41) is 1.10. The molecule has 2 unspecified atom stereocenters. The Hall–Kier alpha value is -0.680. The fourth-order valence-electron chi connectivity index (χ4n) is 2.34. The van der Waals surface area contributed by atoms with E-state index in [4.69, 9.17) is 5.73 Å².